The van der Waals surface area contributed by atoms with E-state index in [1.165, 1.54) is 0 Å². The Balaban J connectivity index is 2.42. The molecule has 0 aromatic heterocycles. The minimum absolute atomic E-state index is 0.0220. The van der Waals surface area contributed by atoms with E-state index in [9.17, 15) is 9.59 Å². The molecule has 0 radical (unpaired) electrons. The minimum Gasteiger partial charge on any atom is -0.481 e. The van der Waals surface area contributed by atoms with Gasteiger partial charge in [0.15, 0.2) is 0 Å². The summed E-state index contributed by atoms with van der Waals surface area (Å²) in [5.41, 5.74) is 0. The first-order valence-corrected chi connectivity index (χ1v) is 6.19. The monoisotopic (exact) mass is 242 g/mol. The fourth-order valence-electron chi connectivity index (χ4n) is 2.10. The quantitative estimate of drug-likeness (QED) is 0.761. The second-order valence-electron chi connectivity index (χ2n) is 4.99. The number of carbonyl (C=O) groups is 2. The average Bonchev–Trinajstić information content (AvgIpc) is 2.27. The van der Waals surface area contributed by atoms with Crippen LogP contribution in [0.15, 0.2) is 0 Å². The summed E-state index contributed by atoms with van der Waals surface area (Å²) in [6.45, 7) is 7.11. The molecule has 1 fully saturated rings. The zero-order valence-corrected chi connectivity index (χ0v) is 10.8. The highest BCUT2D eigenvalue weighted by Gasteiger charge is 2.29. The van der Waals surface area contributed by atoms with E-state index in [1.54, 1.807) is 0 Å². The van der Waals surface area contributed by atoms with E-state index in [0.717, 1.165) is 0 Å². The van der Waals surface area contributed by atoms with Crippen LogP contribution in [0.1, 0.15) is 33.6 Å². The van der Waals surface area contributed by atoms with E-state index in [1.807, 2.05) is 20.8 Å². The number of nitrogens with one attached hydrogen (secondary N) is 1. The van der Waals surface area contributed by atoms with Gasteiger partial charge in [0.2, 0.25) is 5.91 Å². The normalized spacial score (nSPS) is 20.2. The number of aliphatic carboxylic acids is 1. The molecule has 5 nitrogen and oxygen atoms in total. The van der Waals surface area contributed by atoms with E-state index < -0.39 is 5.97 Å². The van der Waals surface area contributed by atoms with Crippen LogP contribution < -0.4 is 5.32 Å². The molecule has 1 unspecified atom stereocenters. The molecule has 0 aromatic carbocycles. The largest absolute Gasteiger partial charge is 0.481 e. The van der Waals surface area contributed by atoms with Crippen molar-refractivity contribution in [2.24, 2.45) is 5.92 Å². The fraction of sp³-hybridized carbons (Fsp3) is 0.833. The van der Waals surface area contributed by atoms with Gasteiger partial charge in [-0.05, 0) is 46.7 Å². The first kappa shape index (κ1) is 14.0. The fourth-order valence-corrected chi connectivity index (χ4v) is 2.10. The number of rotatable bonds is 4. The van der Waals surface area contributed by atoms with Crippen molar-refractivity contribution in [3.63, 3.8) is 0 Å². The van der Waals surface area contributed by atoms with Crippen molar-refractivity contribution >= 4 is 11.9 Å². The number of carboxylic acids is 1. The van der Waals surface area contributed by atoms with Gasteiger partial charge in [0.25, 0.3) is 0 Å². The van der Waals surface area contributed by atoms with Crippen LogP contribution >= 0.6 is 0 Å². The van der Waals surface area contributed by atoms with Gasteiger partial charge in [0.05, 0.1) is 12.0 Å². The topological polar surface area (TPSA) is 69.6 Å². The van der Waals surface area contributed by atoms with E-state index >= 15 is 0 Å². The summed E-state index contributed by atoms with van der Waals surface area (Å²) < 4.78 is 0. The van der Waals surface area contributed by atoms with Crippen molar-refractivity contribution in [3.8, 4) is 0 Å². The Kier molecular flexibility index (Phi) is 4.93. The maximum Gasteiger partial charge on any atom is 0.306 e. The first-order valence-electron chi connectivity index (χ1n) is 6.19. The van der Waals surface area contributed by atoms with Gasteiger partial charge >= 0.3 is 5.97 Å². The number of likely N-dealkylation sites (tertiary alicyclic amines) is 1. The molecule has 0 aromatic rings. The zero-order chi connectivity index (χ0) is 13.0. The lowest BCUT2D eigenvalue weighted by Crippen LogP contribution is -2.50. The van der Waals surface area contributed by atoms with E-state index in [-0.39, 0.29) is 23.9 Å². The summed E-state index contributed by atoms with van der Waals surface area (Å²) in [5.74, 6) is -0.940. The summed E-state index contributed by atoms with van der Waals surface area (Å²) in [4.78, 5) is 24.7. The average molecular weight is 242 g/mol. The predicted molar refractivity (Wildman–Crippen MR) is 64.7 cm³/mol. The lowest BCUT2D eigenvalue weighted by molar-refractivity contribution is -0.143. The third-order valence-electron chi connectivity index (χ3n) is 3.24. The highest BCUT2D eigenvalue weighted by Crippen LogP contribution is 2.19. The molecule has 0 saturated carbocycles. The smallest absolute Gasteiger partial charge is 0.306 e. The minimum atomic E-state index is -0.719. The SMILES string of the molecule is CC(C)NC(=O)C(C)N1CCC(C(=O)O)CC1. The highest BCUT2D eigenvalue weighted by atomic mass is 16.4. The van der Waals surface area contributed by atoms with Crippen LogP contribution in [0.3, 0.4) is 0 Å². The summed E-state index contributed by atoms with van der Waals surface area (Å²) in [7, 11) is 0. The molecule has 17 heavy (non-hydrogen) atoms. The summed E-state index contributed by atoms with van der Waals surface area (Å²) in [6.07, 6.45) is 1.27. The Morgan fingerprint density at radius 1 is 1.24 bits per heavy atom. The Hall–Kier alpha value is -1.10. The van der Waals surface area contributed by atoms with Crippen LogP contribution in [-0.2, 0) is 9.59 Å². The molecular weight excluding hydrogens is 220 g/mol. The molecule has 5 heteroatoms. The Morgan fingerprint density at radius 3 is 2.18 bits per heavy atom. The molecule has 1 atom stereocenters. The Labute approximate surface area is 102 Å². The maximum atomic E-state index is 11.8. The number of amides is 1. The third kappa shape index (κ3) is 4.00. The zero-order valence-electron chi connectivity index (χ0n) is 10.8. The van der Waals surface area contributed by atoms with Crippen molar-refractivity contribution in [1.82, 2.24) is 10.2 Å². The van der Waals surface area contributed by atoms with Crippen LogP contribution in [0.4, 0.5) is 0 Å². The van der Waals surface area contributed by atoms with Crippen molar-refractivity contribution in [1.29, 1.82) is 0 Å². The molecule has 1 amide bonds. The van der Waals surface area contributed by atoms with Crippen LogP contribution in [0, 0.1) is 5.92 Å². The van der Waals surface area contributed by atoms with Gasteiger partial charge in [-0.2, -0.15) is 0 Å². The number of nitrogens with zero attached hydrogens (tertiary/aromatic N) is 1. The van der Waals surface area contributed by atoms with E-state index in [2.05, 4.69) is 10.2 Å². The predicted octanol–water partition coefficient (Wildman–Crippen LogP) is 0.696. The van der Waals surface area contributed by atoms with Crippen molar-refractivity contribution in [2.45, 2.75) is 45.7 Å². The molecule has 0 spiro atoms. The van der Waals surface area contributed by atoms with Gasteiger partial charge in [-0.1, -0.05) is 0 Å². The third-order valence-corrected chi connectivity index (χ3v) is 3.24. The second kappa shape index (κ2) is 6.00. The van der Waals surface area contributed by atoms with Gasteiger partial charge in [0, 0.05) is 6.04 Å². The number of hydrogen-bond acceptors (Lipinski definition) is 3. The van der Waals surface area contributed by atoms with Crippen LogP contribution in [0.25, 0.3) is 0 Å². The molecular formula is C12H22N2O3. The summed E-state index contributed by atoms with van der Waals surface area (Å²) in [6, 6.07) is -0.0337. The standard InChI is InChI=1S/C12H22N2O3/c1-8(2)13-11(15)9(3)14-6-4-10(5-7-14)12(16)17/h8-10H,4-7H2,1-3H3,(H,13,15)(H,16,17). The molecule has 1 aliphatic rings. The lowest BCUT2D eigenvalue weighted by Gasteiger charge is -2.34. The van der Waals surface area contributed by atoms with Crippen LogP contribution in [-0.4, -0.2) is 47.1 Å². The Morgan fingerprint density at radius 2 is 1.76 bits per heavy atom. The molecule has 98 valence electrons. The highest BCUT2D eigenvalue weighted by molar-refractivity contribution is 5.81. The van der Waals surface area contributed by atoms with Crippen molar-refractivity contribution < 1.29 is 14.7 Å². The van der Waals surface area contributed by atoms with Gasteiger partial charge in [-0.3, -0.25) is 14.5 Å². The first-order chi connectivity index (χ1) is 7.91. The molecule has 1 heterocycles. The van der Waals surface area contributed by atoms with Crippen molar-refractivity contribution in [3.05, 3.63) is 0 Å². The van der Waals surface area contributed by atoms with Gasteiger partial charge in [-0.25, -0.2) is 0 Å². The van der Waals surface area contributed by atoms with Gasteiger partial charge < -0.3 is 10.4 Å². The van der Waals surface area contributed by atoms with E-state index in [0.29, 0.717) is 25.9 Å². The maximum absolute atomic E-state index is 11.8. The Bertz CT molecular complexity index is 283. The summed E-state index contributed by atoms with van der Waals surface area (Å²) >= 11 is 0. The van der Waals surface area contributed by atoms with Gasteiger partial charge in [0.1, 0.15) is 0 Å². The number of piperidine rings is 1. The lowest BCUT2D eigenvalue weighted by atomic mass is 9.96. The number of carbonyl (C=O) groups excluding carboxylic acids is 1. The molecule has 0 aliphatic carbocycles. The molecule has 1 rings (SSSR count). The summed E-state index contributed by atoms with van der Waals surface area (Å²) in [5, 5.41) is 11.8. The number of hydrogen-bond donors (Lipinski definition) is 2. The molecule has 1 aliphatic heterocycles. The number of carboxylic acid groups (broad SMARTS) is 1. The van der Waals surface area contributed by atoms with Crippen molar-refractivity contribution in [2.75, 3.05) is 13.1 Å². The van der Waals surface area contributed by atoms with Crippen LogP contribution in [0.5, 0.6) is 0 Å². The molecule has 1 saturated heterocycles. The van der Waals surface area contributed by atoms with Gasteiger partial charge in [-0.15, -0.1) is 0 Å². The van der Waals surface area contributed by atoms with Crippen LogP contribution in [0.2, 0.25) is 0 Å². The molecule has 0 bridgehead atoms. The van der Waals surface area contributed by atoms with E-state index in [4.69, 9.17) is 5.11 Å². The second-order valence-corrected chi connectivity index (χ2v) is 4.99. The molecule has 2 N–H and O–H groups in total.